The van der Waals surface area contributed by atoms with Crippen molar-refractivity contribution in [1.29, 1.82) is 0 Å². The van der Waals surface area contributed by atoms with Crippen molar-refractivity contribution < 1.29 is 0 Å². The third kappa shape index (κ3) is 1.61. The number of halogens is 1. The second-order valence-corrected chi connectivity index (χ2v) is 4.67. The summed E-state index contributed by atoms with van der Waals surface area (Å²) in [5, 5.41) is 0. The number of hydrogen-bond donors (Lipinski definition) is 0. The van der Waals surface area contributed by atoms with E-state index in [0.717, 1.165) is 10.2 Å². The number of nitrogens with zero attached hydrogens (tertiary/aromatic N) is 2. The van der Waals surface area contributed by atoms with Gasteiger partial charge in [0.15, 0.2) is 0 Å². The summed E-state index contributed by atoms with van der Waals surface area (Å²) in [5.74, 6) is 0. The van der Waals surface area contributed by atoms with Gasteiger partial charge in [0.25, 0.3) is 0 Å². The molecule has 14 heavy (non-hydrogen) atoms. The first-order valence-corrected chi connectivity index (χ1v) is 5.61. The fourth-order valence-electron chi connectivity index (χ4n) is 1.93. The monoisotopic (exact) mass is 252 g/mol. The van der Waals surface area contributed by atoms with Crippen LogP contribution in [-0.4, -0.2) is 18.2 Å². The molecule has 0 unspecified atom stereocenters. The molecule has 0 bridgehead atoms. The molecule has 0 saturated heterocycles. The maximum Gasteiger partial charge on any atom is 0.0519 e. The minimum absolute atomic E-state index is 0.134. The van der Waals surface area contributed by atoms with Crippen molar-refractivity contribution in [3.63, 3.8) is 0 Å². The molecule has 0 aromatic carbocycles. The largest absolute Gasteiger partial charge is 0.300 e. The van der Waals surface area contributed by atoms with Gasteiger partial charge in [-0.3, -0.25) is 9.98 Å². The Morgan fingerprint density at radius 1 is 1.50 bits per heavy atom. The van der Waals surface area contributed by atoms with E-state index in [-0.39, 0.29) is 5.41 Å². The highest BCUT2D eigenvalue weighted by Crippen LogP contribution is 2.41. The average molecular weight is 253 g/mol. The summed E-state index contributed by atoms with van der Waals surface area (Å²) in [7, 11) is 1.83. The maximum atomic E-state index is 4.45. The number of aromatic nitrogens is 1. The van der Waals surface area contributed by atoms with Gasteiger partial charge in [-0.15, -0.1) is 0 Å². The molecule has 3 heteroatoms. The molecule has 0 amide bonds. The Morgan fingerprint density at radius 3 is 2.71 bits per heavy atom. The molecule has 0 spiro atoms. The van der Waals surface area contributed by atoms with Crippen LogP contribution in [-0.2, 0) is 5.41 Å². The lowest BCUT2D eigenvalue weighted by Crippen LogP contribution is -2.36. The van der Waals surface area contributed by atoms with Crippen LogP contribution in [0.2, 0.25) is 0 Å². The van der Waals surface area contributed by atoms with Crippen LogP contribution in [0.1, 0.15) is 25.0 Å². The molecule has 1 heterocycles. The molecule has 1 aromatic rings. The van der Waals surface area contributed by atoms with Crippen molar-refractivity contribution in [2.75, 3.05) is 7.05 Å². The van der Waals surface area contributed by atoms with Crippen LogP contribution in [0.4, 0.5) is 0 Å². The Bertz CT molecular complexity index is 339. The Balaban J connectivity index is 2.32. The van der Waals surface area contributed by atoms with E-state index in [1.54, 1.807) is 0 Å². The van der Waals surface area contributed by atoms with E-state index in [1.165, 1.54) is 19.3 Å². The molecular weight excluding hydrogens is 240 g/mol. The van der Waals surface area contributed by atoms with Crippen LogP contribution in [0.5, 0.6) is 0 Å². The van der Waals surface area contributed by atoms with Crippen molar-refractivity contribution >= 4 is 22.1 Å². The SMILES string of the molecule is CN=CC1(c2ccc(Br)cn2)CCC1. The van der Waals surface area contributed by atoms with Gasteiger partial charge in [-0.25, -0.2) is 0 Å². The third-order valence-electron chi connectivity index (χ3n) is 2.86. The zero-order valence-electron chi connectivity index (χ0n) is 8.20. The third-order valence-corrected chi connectivity index (χ3v) is 3.33. The minimum atomic E-state index is 0.134. The molecule has 2 rings (SSSR count). The molecule has 1 saturated carbocycles. The van der Waals surface area contributed by atoms with Crippen LogP contribution in [0, 0.1) is 0 Å². The first-order chi connectivity index (χ1) is 6.77. The molecule has 74 valence electrons. The van der Waals surface area contributed by atoms with Crippen molar-refractivity contribution in [2.45, 2.75) is 24.7 Å². The van der Waals surface area contributed by atoms with E-state index in [0.29, 0.717) is 0 Å². The van der Waals surface area contributed by atoms with E-state index in [9.17, 15) is 0 Å². The molecule has 0 atom stereocenters. The van der Waals surface area contributed by atoms with Crippen LogP contribution in [0.25, 0.3) is 0 Å². The minimum Gasteiger partial charge on any atom is -0.300 e. The Kier molecular flexibility index (Phi) is 2.68. The summed E-state index contributed by atoms with van der Waals surface area (Å²) in [6.45, 7) is 0. The van der Waals surface area contributed by atoms with Crippen LogP contribution in [0.3, 0.4) is 0 Å². The fraction of sp³-hybridized carbons (Fsp3) is 0.455. The summed E-state index contributed by atoms with van der Waals surface area (Å²) in [5.41, 5.74) is 1.28. The van der Waals surface area contributed by atoms with Gasteiger partial charge >= 0.3 is 0 Å². The molecule has 1 aliphatic carbocycles. The lowest BCUT2D eigenvalue weighted by molar-refractivity contribution is 0.339. The number of aliphatic imine (C=N–C) groups is 1. The molecule has 1 aromatic heterocycles. The highest BCUT2D eigenvalue weighted by atomic mass is 79.9. The van der Waals surface area contributed by atoms with Crippen molar-refractivity contribution in [1.82, 2.24) is 4.98 Å². The number of hydrogen-bond acceptors (Lipinski definition) is 2. The quantitative estimate of drug-likeness (QED) is 0.744. The summed E-state index contributed by atoms with van der Waals surface area (Å²) in [6.07, 6.45) is 7.55. The molecule has 1 fully saturated rings. The topological polar surface area (TPSA) is 25.2 Å². The highest BCUT2D eigenvalue weighted by molar-refractivity contribution is 9.10. The molecule has 1 aliphatic rings. The van der Waals surface area contributed by atoms with Crippen molar-refractivity contribution in [3.05, 3.63) is 28.5 Å². The summed E-state index contributed by atoms with van der Waals surface area (Å²) in [4.78, 5) is 8.60. The first-order valence-electron chi connectivity index (χ1n) is 4.82. The summed E-state index contributed by atoms with van der Waals surface area (Å²) >= 11 is 3.39. The van der Waals surface area contributed by atoms with Gasteiger partial charge in [-0.2, -0.15) is 0 Å². The van der Waals surface area contributed by atoms with Gasteiger partial charge < -0.3 is 0 Å². The Morgan fingerprint density at radius 2 is 2.29 bits per heavy atom. The van der Waals surface area contributed by atoms with Gasteiger partial charge in [0.1, 0.15) is 0 Å². The predicted molar refractivity (Wildman–Crippen MR) is 61.9 cm³/mol. The molecule has 0 aliphatic heterocycles. The van der Waals surface area contributed by atoms with Crippen LogP contribution >= 0.6 is 15.9 Å². The molecule has 0 radical (unpaired) electrons. The lowest BCUT2D eigenvalue weighted by atomic mass is 9.67. The number of rotatable bonds is 2. The standard InChI is InChI=1S/C11H13BrN2/c1-13-8-11(5-2-6-11)10-4-3-9(12)7-14-10/h3-4,7-8H,2,5-6H2,1H3. The van der Waals surface area contributed by atoms with E-state index in [1.807, 2.05) is 25.5 Å². The highest BCUT2D eigenvalue weighted by Gasteiger charge is 2.38. The Labute approximate surface area is 92.6 Å². The first kappa shape index (κ1) is 9.84. The summed E-state index contributed by atoms with van der Waals surface area (Å²) in [6, 6.07) is 4.14. The Hall–Kier alpha value is -0.700. The van der Waals surface area contributed by atoms with Crippen LogP contribution < -0.4 is 0 Å². The maximum absolute atomic E-state index is 4.45. The summed E-state index contributed by atoms with van der Waals surface area (Å²) < 4.78 is 1.03. The second kappa shape index (κ2) is 3.81. The smallest absolute Gasteiger partial charge is 0.0519 e. The van der Waals surface area contributed by atoms with E-state index in [4.69, 9.17) is 0 Å². The number of pyridine rings is 1. The van der Waals surface area contributed by atoms with Gasteiger partial charge in [-0.05, 0) is 40.9 Å². The molecular formula is C11H13BrN2. The van der Waals surface area contributed by atoms with Gasteiger partial charge in [0.2, 0.25) is 0 Å². The van der Waals surface area contributed by atoms with E-state index < -0.39 is 0 Å². The molecule has 0 N–H and O–H groups in total. The van der Waals surface area contributed by atoms with Crippen molar-refractivity contribution in [3.8, 4) is 0 Å². The zero-order valence-corrected chi connectivity index (χ0v) is 9.79. The van der Waals surface area contributed by atoms with E-state index in [2.05, 4.69) is 32.0 Å². The average Bonchev–Trinajstić information content (AvgIpc) is 2.13. The van der Waals surface area contributed by atoms with Gasteiger partial charge in [0.05, 0.1) is 5.69 Å². The molecule has 2 nitrogen and oxygen atoms in total. The predicted octanol–water partition coefficient (Wildman–Crippen LogP) is 2.97. The van der Waals surface area contributed by atoms with E-state index >= 15 is 0 Å². The van der Waals surface area contributed by atoms with Crippen LogP contribution in [0.15, 0.2) is 27.8 Å². The fourth-order valence-corrected chi connectivity index (χ4v) is 2.16. The lowest BCUT2D eigenvalue weighted by Gasteiger charge is -2.37. The second-order valence-electron chi connectivity index (χ2n) is 3.76. The zero-order chi connectivity index (χ0) is 10.0. The van der Waals surface area contributed by atoms with Crippen molar-refractivity contribution in [2.24, 2.45) is 4.99 Å². The normalized spacial score (nSPS) is 19.6. The van der Waals surface area contributed by atoms with Gasteiger partial charge in [-0.1, -0.05) is 6.42 Å². The van der Waals surface area contributed by atoms with Gasteiger partial charge in [0, 0.05) is 29.3 Å².